The molecule has 0 aromatic heterocycles. The number of hydrogen-bond donors (Lipinski definition) is 1. The molecule has 0 radical (unpaired) electrons. The zero-order valence-corrected chi connectivity index (χ0v) is 6.41. The SMILES string of the molecule is CC1C=NNc2ccccc21. The van der Waals surface area contributed by atoms with Crippen LogP contribution in [0.4, 0.5) is 5.69 Å². The van der Waals surface area contributed by atoms with E-state index in [-0.39, 0.29) is 0 Å². The van der Waals surface area contributed by atoms with Gasteiger partial charge in [-0.25, -0.2) is 0 Å². The van der Waals surface area contributed by atoms with Crippen molar-refractivity contribution in [3.8, 4) is 0 Å². The second-order valence-electron chi connectivity index (χ2n) is 2.77. The van der Waals surface area contributed by atoms with E-state index in [2.05, 4.69) is 29.6 Å². The third-order valence-corrected chi connectivity index (χ3v) is 1.93. The molecule has 1 aliphatic heterocycles. The van der Waals surface area contributed by atoms with E-state index in [0.717, 1.165) is 5.69 Å². The van der Waals surface area contributed by atoms with E-state index in [1.54, 1.807) is 0 Å². The molecule has 0 spiro atoms. The van der Waals surface area contributed by atoms with Gasteiger partial charge in [-0.3, -0.25) is 5.43 Å². The van der Waals surface area contributed by atoms with E-state index in [4.69, 9.17) is 0 Å². The predicted molar refractivity (Wildman–Crippen MR) is 47.0 cm³/mol. The van der Waals surface area contributed by atoms with Gasteiger partial charge in [0.1, 0.15) is 0 Å². The number of hydrogen-bond acceptors (Lipinski definition) is 2. The molecule has 0 amide bonds. The molecule has 1 N–H and O–H groups in total. The van der Waals surface area contributed by atoms with Crippen LogP contribution in [-0.4, -0.2) is 6.21 Å². The molecule has 1 heterocycles. The molecule has 0 fully saturated rings. The Bertz CT molecular complexity index is 291. The Morgan fingerprint density at radius 1 is 1.36 bits per heavy atom. The van der Waals surface area contributed by atoms with Crippen molar-refractivity contribution in [3.63, 3.8) is 0 Å². The molecule has 1 aromatic carbocycles. The van der Waals surface area contributed by atoms with Crippen LogP contribution in [0.1, 0.15) is 18.4 Å². The maximum atomic E-state index is 4.02. The van der Waals surface area contributed by atoms with E-state index in [1.165, 1.54) is 5.56 Å². The highest BCUT2D eigenvalue weighted by Crippen LogP contribution is 2.25. The van der Waals surface area contributed by atoms with Crippen LogP contribution in [0.15, 0.2) is 29.4 Å². The summed E-state index contributed by atoms with van der Waals surface area (Å²) in [7, 11) is 0. The molecule has 1 atom stereocenters. The van der Waals surface area contributed by atoms with E-state index >= 15 is 0 Å². The summed E-state index contributed by atoms with van der Waals surface area (Å²) in [5.41, 5.74) is 5.41. The van der Waals surface area contributed by atoms with Crippen molar-refractivity contribution >= 4 is 11.9 Å². The number of fused-ring (bicyclic) bond motifs is 1. The molecule has 0 saturated heterocycles. The average molecular weight is 146 g/mol. The number of hydrazone groups is 1. The lowest BCUT2D eigenvalue weighted by molar-refractivity contribution is 1.01. The molecule has 1 aliphatic rings. The Hall–Kier alpha value is -1.31. The van der Waals surface area contributed by atoms with Crippen LogP contribution in [0, 0.1) is 0 Å². The smallest absolute Gasteiger partial charge is 0.0600 e. The number of rotatable bonds is 0. The number of para-hydroxylation sites is 1. The van der Waals surface area contributed by atoms with Crippen molar-refractivity contribution in [3.05, 3.63) is 29.8 Å². The minimum Gasteiger partial charge on any atom is -0.279 e. The second-order valence-corrected chi connectivity index (χ2v) is 2.77. The molecule has 0 bridgehead atoms. The first-order valence-electron chi connectivity index (χ1n) is 3.76. The summed E-state index contributed by atoms with van der Waals surface area (Å²) >= 11 is 0. The summed E-state index contributed by atoms with van der Waals surface area (Å²) in [6, 6.07) is 8.23. The van der Waals surface area contributed by atoms with Crippen LogP contribution >= 0.6 is 0 Å². The number of nitrogens with one attached hydrogen (secondary N) is 1. The number of anilines is 1. The van der Waals surface area contributed by atoms with Crippen molar-refractivity contribution in [2.45, 2.75) is 12.8 Å². The highest BCUT2D eigenvalue weighted by Gasteiger charge is 2.10. The lowest BCUT2D eigenvalue weighted by atomic mass is 10.00. The lowest BCUT2D eigenvalue weighted by Crippen LogP contribution is -2.06. The zero-order chi connectivity index (χ0) is 7.68. The first kappa shape index (κ1) is 6.40. The van der Waals surface area contributed by atoms with Crippen LogP contribution in [0.5, 0.6) is 0 Å². The minimum atomic E-state index is 0.437. The van der Waals surface area contributed by atoms with Gasteiger partial charge in [-0.15, -0.1) is 0 Å². The molecule has 2 rings (SSSR count). The Morgan fingerprint density at radius 2 is 2.18 bits per heavy atom. The summed E-state index contributed by atoms with van der Waals surface area (Å²) in [5, 5.41) is 4.02. The van der Waals surface area contributed by atoms with Crippen LogP contribution < -0.4 is 5.43 Å². The summed E-state index contributed by atoms with van der Waals surface area (Å²) in [5.74, 6) is 0.437. The summed E-state index contributed by atoms with van der Waals surface area (Å²) in [4.78, 5) is 0. The Labute approximate surface area is 65.9 Å². The normalized spacial score (nSPS) is 20.6. The molecular formula is C9H10N2. The Balaban J connectivity index is 2.50. The monoisotopic (exact) mass is 146 g/mol. The lowest BCUT2D eigenvalue weighted by Gasteiger charge is -2.16. The van der Waals surface area contributed by atoms with Crippen LogP contribution in [0.25, 0.3) is 0 Å². The fraction of sp³-hybridized carbons (Fsp3) is 0.222. The Kier molecular flexibility index (Phi) is 1.39. The molecular weight excluding hydrogens is 136 g/mol. The molecule has 2 nitrogen and oxygen atoms in total. The standard InChI is InChI=1S/C9H10N2/c1-7-6-10-11-9-5-3-2-4-8(7)9/h2-7,11H,1H3. The van der Waals surface area contributed by atoms with Crippen LogP contribution in [-0.2, 0) is 0 Å². The largest absolute Gasteiger partial charge is 0.279 e. The van der Waals surface area contributed by atoms with Crippen molar-refractivity contribution in [2.24, 2.45) is 5.10 Å². The fourth-order valence-corrected chi connectivity index (χ4v) is 1.29. The van der Waals surface area contributed by atoms with Gasteiger partial charge in [0.05, 0.1) is 5.69 Å². The quantitative estimate of drug-likeness (QED) is 0.596. The van der Waals surface area contributed by atoms with Crippen molar-refractivity contribution in [2.75, 3.05) is 5.43 Å². The van der Waals surface area contributed by atoms with Gasteiger partial charge in [-0.2, -0.15) is 5.10 Å². The second kappa shape index (κ2) is 2.38. The van der Waals surface area contributed by atoms with Gasteiger partial charge in [0.15, 0.2) is 0 Å². The van der Waals surface area contributed by atoms with Gasteiger partial charge < -0.3 is 0 Å². The summed E-state index contributed by atoms with van der Waals surface area (Å²) in [6.45, 7) is 2.14. The molecule has 0 aliphatic carbocycles. The number of benzene rings is 1. The van der Waals surface area contributed by atoms with Gasteiger partial charge in [0.25, 0.3) is 0 Å². The molecule has 56 valence electrons. The van der Waals surface area contributed by atoms with Crippen molar-refractivity contribution < 1.29 is 0 Å². The average Bonchev–Trinajstić information content (AvgIpc) is 2.06. The summed E-state index contributed by atoms with van der Waals surface area (Å²) in [6.07, 6.45) is 1.92. The van der Waals surface area contributed by atoms with E-state index in [0.29, 0.717) is 5.92 Å². The maximum absolute atomic E-state index is 4.02. The van der Waals surface area contributed by atoms with Gasteiger partial charge in [-0.1, -0.05) is 25.1 Å². The highest BCUT2D eigenvalue weighted by molar-refractivity contribution is 5.75. The van der Waals surface area contributed by atoms with E-state index in [1.807, 2.05) is 18.3 Å². The Morgan fingerprint density at radius 3 is 3.00 bits per heavy atom. The first-order chi connectivity index (χ1) is 5.38. The van der Waals surface area contributed by atoms with Crippen LogP contribution in [0.3, 0.4) is 0 Å². The molecule has 0 saturated carbocycles. The van der Waals surface area contributed by atoms with Crippen molar-refractivity contribution in [1.29, 1.82) is 0 Å². The topological polar surface area (TPSA) is 24.4 Å². The maximum Gasteiger partial charge on any atom is 0.0600 e. The highest BCUT2D eigenvalue weighted by atomic mass is 15.3. The third kappa shape index (κ3) is 1.00. The van der Waals surface area contributed by atoms with Gasteiger partial charge in [-0.05, 0) is 11.6 Å². The first-order valence-corrected chi connectivity index (χ1v) is 3.76. The molecule has 1 aromatic rings. The molecule has 11 heavy (non-hydrogen) atoms. The zero-order valence-electron chi connectivity index (χ0n) is 6.41. The minimum absolute atomic E-state index is 0.437. The van der Waals surface area contributed by atoms with Crippen molar-refractivity contribution in [1.82, 2.24) is 0 Å². The van der Waals surface area contributed by atoms with Gasteiger partial charge >= 0.3 is 0 Å². The molecule has 1 unspecified atom stereocenters. The van der Waals surface area contributed by atoms with E-state index < -0.39 is 0 Å². The predicted octanol–water partition coefficient (Wildman–Crippen LogP) is 2.20. The van der Waals surface area contributed by atoms with E-state index in [9.17, 15) is 0 Å². The summed E-state index contributed by atoms with van der Waals surface area (Å²) < 4.78 is 0. The van der Waals surface area contributed by atoms with Gasteiger partial charge in [0.2, 0.25) is 0 Å². The van der Waals surface area contributed by atoms with Gasteiger partial charge in [0, 0.05) is 12.1 Å². The fourth-order valence-electron chi connectivity index (χ4n) is 1.29. The van der Waals surface area contributed by atoms with Crippen LogP contribution in [0.2, 0.25) is 0 Å². The molecule has 2 heteroatoms. The number of nitrogens with zero attached hydrogens (tertiary/aromatic N) is 1. The third-order valence-electron chi connectivity index (χ3n) is 1.93.